The van der Waals surface area contributed by atoms with Gasteiger partial charge in [-0.1, -0.05) is 90.0 Å². The van der Waals surface area contributed by atoms with Crippen molar-refractivity contribution in [2.24, 2.45) is 5.73 Å². The van der Waals surface area contributed by atoms with E-state index in [4.69, 9.17) is 19.6 Å². The predicted molar refractivity (Wildman–Crippen MR) is 183 cm³/mol. The highest BCUT2D eigenvalue weighted by atomic mass is 32.2. The molecule has 2 aromatic heterocycles. The molecule has 0 saturated heterocycles. The molecule has 1 atom stereocenters. The first-order chi connectivity index (χ1) is 23.2. The molecule has 15 heteroatoms. The second kappa shape index (κ2) is 16.4. The number of ether oxygens (including phenoxy) is 1. The molecule has 0 aliphatic carbocycles. The Hall–Kier alpha value is -5.06. The third-order valence-electron chi connectivity index (χ3n) is 7.05. The van der Waals surface area contributed by atoms with Gasteiger partial charge in [-0.25, -0.2) is 0 Å². The standard InChI is InChI=1S/C20H19N5O2.2C7H8O3S/c21-17(10-11-18(26)27-13-14-6-2-1-3-7-14)20-24-23-19-16-9-5-4-8-15(16)12-22-25(19)20;2*1-6-2-4-7(5-3-6)11(8,9)10/h1-9,12,17H,10-11,13,21H2;2*2-5H,1H3,(H,8,9,10)/t17-;;/m0../s1. The van der Waals surface area contributed by atoms with Gasteiger partial charge in [-0.2, -0.15) is 26.4 Å². The van der Waals surface area contributed by atoms with Crippen molar-refractivity contribution in [2.75, 3.05) is 0 Å². The van der Waals surface area contributed by atoms with Crippen LogP contribution in [-0.4, -0.2) is 51.7 Å². The fourth-order valence-electron chi connectivity index (χ4n) is 4.37. The number of hydrogen-bond donors (Lipinski definition) is 3. The Balaban J connectivity index is 0.000000202. The summed E-state index contributed by atoms with van der Waals surface area (Å²) in [4.78, 5) is 11.9. The third-order valence-corrected chi connectivity index (χ3v) is 8.79. The average Bonchev–Trinajstić information content (AvgIpc) is 3.52. The Morgan fingerprint density at radius 3 is 1.86 bits per heavy atom. The van der Waals surface area contributed by atoms with Crippen LogP contribution in [0.2, 0.25) is 0 Å². The van der Waals surface area contributed by atoms with E-state index in [1.165, 1.54) is 24.3 Å². The third kappa shape index (κ3) is 10.7. The number of nitrogens with zero attached hydrogens (tertiary/aromatic N) is 4. The maximum absolute atomic E-state index is 12.0. The number of nitrogens with two attached hydrogens (primary N) is 1. The first-order valence-corrected chi connectivity index (χ1v) is 17.7. The molecule has 13 nitrogen and oxygen atoms in total. The van der Waals surface area contributed by atoms with Crippen molar-refractivity contribution in [3.05, 3.63) is 132 Å². The van der Waals surface area contributed by atoms with E-state index < -0.39 is 26.3 Å². The Kier molecular flexibility index (Phi) is 12.3. The molecule has 6 rings (SSSR count). The highest BCUT2D eigenvalue weighted by molar-refractivity contribution is 7.86. The van der Waals surface area contributed by atoms with Crippen LogP contribution >= 0.6 is 0 Å². The van der Waals surface area contributed by atoms with Crippen LogP contribution in [0, 0.1) is 13.8 Å². The van der Waals surface area contributed by atoms with Gasteiger partial charge >= 0.3 is 5.97 Å². The smallest absolute Gasteiger partial charge is 0.306 e. The molecule has 0 aliphatic heterocycles. The second-order valence-corrected chi connectivity index (χ2v) is 13.7. The molecule has 4 N–H and O–H groups in total. The fourth-order valence-corrected chi connectivity index (χ4v) is 5.33. The summed E-state index contributed by atoms with van der Waals surface area (Å²) in [6.45, 7) is 3.94. The first-order valence-electron chi connectivity index (χ1n) is 14.8. The summed E-state index contributed by atoms with van der Waals surface area (Å²) in [6.07, 6.45) is 2.37. The molecule has 0 unspecified atom stereocenters. The molecular formula is C34H35N5O8S2. The lowest BCUT2D eigenvalue weighted by Crippen LogP contribution is -2.17. The van der Waals surface area contributed by atoms with Crippen molar-refractivity contribution >= 4 is 42.6 Å². The zero-order chi connectivity index (χ0) is 35.6. The lowest BCUT2D eigenvalue weighted by molar-refractivity contribution is -0.145. The summed E-state index contributed by atoms with van der Waals surface area (Å²) < 4.78 is 66.0. The Bertz CT molecular complexity index is 2150. The van der Waals surface area contributed by atoms with Gasteiger partial charge in [-0.05, 0) is 50.1 Å². The molecular weight excluding hydrogens is 671 g/mol. The molecule has 0 bridgehead atoms. The topological polar surface area (TPSA) is 204 Å². The average molecular weight is 706 g/mol. The van der Waals surface area contributed by atoms with Crippen molar-refractivity contribution in [1.29, 1.82) is 0 Å². The number of carbonyl (C=O) groups is 1. The van der Waals surface area contributed by atoms with Gasteiger partial charge in [0.25, 0.3) is 20.2 Å². The Morgan fingerprint density at radius 2 is 1.31 bits per heavy atom. The Morgan fingerprint density at radius 1 is 0.776 bits per heavy atom. The lowest BCUT2D eigenvalue weighted by atomic mass is 10.1. The quantitative estimate of drug-likeness (QED) is 0.137. The van der Waals surface area contributed by atoms with E-state index in [1.54, 1.807) is 35.0 Å². The van der Waals surface area contributed by atoms with E-state index in [1.807, 2.05) is 68.4 Å². The normalized spacial score (nSPS) is 11.9. The monoisotopic (exact) mass is 705 g/mol. The van der Waals surface area contributed by atoms with Gasteiger partial charge in [0.15, 0.2) is 11.5 Å². The van der Waals surface area contributed by atoms with Gasteiger partial charge in [-0.15, -0.1) is 10.2 Å². The van der Waals surface area contributed by atoms with Crippen molar-refractivity contribution < 1.29 is 35.5 Å². The van der Waals surface area contributed by atoms with Crippen molar-refractivity contribution in [3.63, 3.8) is 0 Å². The highest BCUT2D eigenvalue weighted by Gasteiger charge is 2.18. The molecule has 0 radical (unpaired) electrons. The van der Waals surface area contributed by atoms with Gasteiger partial charge < -0.3 is 10.5 Å². The minimum absolute atomic E-state index is 0.0666. The van der Waals surface area contributed by atoms with Gasteiger partial charge in [-0.3, -0.25) is 13.9 Å². The van der Waals surface area contributed by atoms with Crippen LogP contribution in [0.1, 0.15) is 41.4 Å². The van der Waals surface area contributed by atoms with Crippen LogP contribution in [-0.2, 0) is 36.4 Å². The minimum atomic E-state index is -4.02. The van der Waals surface area contributed by atoms with E-state index in [9.17, 15) is 21.6 Å². The van der Waals surface area contributed by atoms with Crippen LogP contribution in [0.25, 0.3) is 16.4 Å². The molecule has 256 valence electrons. The highest BCUT2D eigenvalue weighted by Crippen LogP contribution is 2.21. The van der Waals surface area contributed by atoms with Crippen molar-refractivity contribution in [3.8, 4) is 0 Å². The van der Waals surface area contributed by atoms with Crippen molar-refractivity contribution in [1.82, 2.24) is 19.8 Å². The SMILES string of the molecule is Cc1ccc(S(=O)(=O)O)cc1.Cc1ccc(S(=O)(=O)O)cc1.N[C@@H](CCC(=O)OCc1ccccc1)c1nnc2c3ccccc3cnn12. The maximum Gasteiger partial charge on any atom is 0.306 e. The zero-order valence-corrected chi connectivity index (χ0v) is 28.3. The summed E-state index contributed by atoms with van der Waals surface area (Å²) in [5, 5.41) is 14.8. The lowest BCUT2D eigenvalue weighted by Gasteiger charge is -2.10. The minimum Gasteiger partial charge on any atom is -0.461 e. The summed E-state index contributed by atoms with van der Waals surface area (Å²) in [7, 11) is -8.04. The van der Waals surface area contributed by atoms with Crippen LogP contribution < -0.4 is 5.73 Å². The van der Waals surface area contributed by atoms with E-state index in [0.29, 0.717) is 17.9 Å². The Labute approximate surface area is 283 Å². The van der Waals surface area contributed by atoms with E-state index in [2.05, 4.69) is 15.3 Å². The molecule has 2 heterocycles. The molecule has 0 saturated carbocycles. The molecule has 4 aromatic carbocycles. The predicted octanol–water partition coefficient (Wildman–Crippen LogP) is 5.28. The van der Waals surface area contributed by atoms with E-state index in [-0.39, 0.29) is 28.8 Å². The fraction of sp³-hybridized carbons (Fsp3) is 0.176. The first kappa shape index (κ1) is 36.8. The van der Waals surface area contributed by atoms with Crippen LogP contribution in [0.15, 0.2) is 119 Å². The number of hydrogen-bond acceptors (Lipinski definition) is 10. The second-order valence-electron chi connectivity index (χ2n) is 10.9. The molecule has 6 aromatic rings. The number of aryl methyl sites for hydroxylation is 2. The maximum atomic E-state index is 12.0. The number of rotatable bonds is 8. The molecule has 0 aliphatic rings. The molecule has 0 fully saturated rings. The van der Waals surface area contributed by atoms with Gasteiger partial charge in [0.2, 0.25) is 0 Å². The number of fused-ring (bicyclic) bond motifs is 3. The number of carbonyl (C=O) groups excluding carboxylic acids is 1. The van der Waals surface area contributed by atoms with E-state index >= 15 is 0 Å². The summed E-state index contributed by atoms with van der Waals surface area (Å²) in [5.74, 6) is 0.244. The van der Waals surface area contributed by atoms with Crippen LogP contribution in [0.3, 0.4) is 0 Å². The van der Waals surface area contributed by atoms with Gasteiger partial charge in [0.05, 0.1) is 22.0 Å². The molecule has 0 amide bonds. The van der Waals surface area contributed by atoms with E-state index in [0.717, 1.165) is 27.5 Å². The van der Waals surface area contributed by atoms with Crippen LogP contribution in [0.4, 0.5) is 0 Å². The van der Waals surface area contributed by atoms with Crippen LogP contribution in [0.5, 0.6) is 0 Å². The largest absolute Gasteiger partial charge is 0.461 e. The summed E-state index contributed by atoms with van der Waals surface area (Å²) in [6, 6.07) is 28.9. The van der Waals surface area contributed by atoms with Gasteiger partial charge in [0.1, 0.15) is 6.61 Å². The number of aromatic nitrogens is 4. The number of benzene rings is 4. The van der Waals surface area contributed by atoms with Crippen molar-refractivity contribution in [2.45, 2.75) is 49.1 Å². The molecule has 49 heavy (non-hydrogen) atoms. The zero-order valence-electron chi connectivity index (χ0n) is 26.6. The summed E-state index contributed by atoms with van der Waals surface area (Å²) >= 11 is 0. The number of esters is 1. The molecule has 0 spiro atoms. The van der Waals surface area contributed by atoms with Gasteiger partial charge in [0, 0.05) is 17.2 Å². The summed E-state index contributed by atoms with van der Waals surface area (Å²) in [5.41, 5.74) is 9.76.